The first-order valence-electron chi connectivity index (χ1n) is 8.30. The molecule has 0 bridgehead atoms. The number of nitrogens with one attached hydrogen (secondary N) is 1. The minimum absolute atomic E-state index is 0.113. The Morgan fingerprint density at radius 2 is 1.92 bits per heavy atom. The molecular formula is C20H19NO3S2. The molecule has 0 aliphatic rings. The highest BCUT2D eigenvalue weighted by Crippen LogP contribution is 2.36. The van der Waals surface area contributed by atoms with Gasteiger partial charge in [-0.15, -0.1) is 22.7 Å². The second-order valence-corrected chi connectivity index (χ2v) is 7.71. The summed E-state index contributed by atoms with van der Waals surface area (Å²) in [6.07, 6.45) is 0. The van der Waals surface area contributed by atoms with Crippen LogP contribution in [0.15, 0.2) is 53.9 Å². The zero-order chi connectivity index (χ0) is 18.5. The summed E-state index contributed by atoms with van der Waals surface area (Å²) in [6.45, 7) is 4.14. The lowest BCUT2D eigenvalue weighted by Gasteiger charge is -2.09. The molecule has 3 aromatic rings. The van der Waals surface area contributed by atoms with Crippen LogP contribution in [0.5, 0.6) is 0 Å². The van der Waals surface area contributed by atoms with Crippen molar-refractivity contribution in [3.8, 4) is 0 Å². The Morgan fingerprint density at radius 3 is 2.58 bits per heavy atom. The van der Waals surface area contributed by atoms with Crippen LogP contribution < -0.4 is 5.32 Å². The Bertz CT molecular complexity index is 885. The molecule has 1 unspecified atom stereocenters. The number of anilines is 1. The second kappa shape index (κ2) is 8.29. The molecule has 0 saturated carbocycles. The van der Waals surface area contributed by atoms with Gasteiger partial charge in [0.05, 0.1) is 17.0 Å². The van der Waals surface area contributed by atoms with Gasteiger partial charge in [-0.05, 0) is 30.0 Å². The van der Waals surface area contributed by atoms with Crippen molar-refractivity contribution in [3.63, 3.8) is 0 Å². The van der Waals surface area contributed by atoms with Crippen molar-refractivity contribution < 1.29 is 14.3 Å². The normalized spacial score (nSPS) is 11.8. The number of rotatable bonds is 6. The standard InChI is InChI=1S/C20H19NO3S2/c1-3-24-20(23)15-12-17(13(2)14-8-5-4-6-9-14)26-19(15)21-18(22)16-10-7-11-25-16/h4-13H,3H2,1-2H3,(H,21,22). The summed E-state index contributed by atoms with van der Waals surface area (Å²) in [5.74, 6) is -0.523. The Balaban J connectivity index is 1.92. The van der Waals surface area contributed by atoms with E-state index in [-0.39, 0.29) is 18.4 Å². The average Bonchev–Trinajstić information content (AvgIpc) is 3.32. The van der Waals surface area contributed by atoms with E-state index in [4.69, 9.17) is 4.74 Å². The zero-order valence-corrected chi connectivity index (χ0v) is 16.2. The van der Waals surface area contributed by atoms with Crippen LogP contribution in [0.25, 0.3) is 0 Å². The van der Waals surface area contributed by atoms with E-state index in [0.717, 1.165) is 10.4 Å². The fourth-order valence-corrected chi connectivity index (χ4v) is 4.30. The van der Waals surface area contributed by atoms with Gasteiger partial charge in [0, 0.05) is 10.8 Å². The molecule has 4 nitrogen and oxygen atoms in total. The molecule has 1 amide bonds. The largest absolute Gasteiger partial charge is 0.462 e. The van der Waals surface area contributed by atoms with Crippen LogP contribution in [0.4, 0.5) is 5.00 Å². The summed E-state index contributed by atoms with van der Waals surface area (Å²) in [5.41, 5.74) is 1.56. The van der Waals surface area contributed by atoms with E-state index in [1.807, 2.05) is 35.7 Å². The van der Waals surface area contributed by atoms with Crippen molar-refractivity contribution in [1.29, 1.82) is 0 Å². The van der Waals surface area contributed by atoms with Crippen molar-refractivity contribution >= 4 is 39.6 Å². The van der Waals surface area contributed by atoms with E-state index >= 15 is 0 Å². The van der Waals surface area contributed by atoms with Gasteiger partial charge in [0.1, 0.15) is 5.00 Å². The van der Waals surface area contributed by atoms with Gasteiger partial charge >= 0.3 is 5.97 Å². The van der Waals surface area contributed by atoms with Crippen LogP contribution in [0.2, 0.25) is 0 Å². The van der Waals surface area contributed by atoms with E-state index in [2.05, 4.69) is 24.4 Å². The molecule has 1 atom stereocenters. The number of hydrogen-bond acceptors (Lipinski definition) is 5. The Labute approximate surface area is 160 Å². The van der Waals surface area contributed by atoms with Gasteiger partial charge in [-0.2, -0.15) is 0 Å². The Morgan fingerprint density at radius 1 is 1.15 bits per heavy atom. The quantitative estimate of drug-likeness (QED) is 0.579. The van der Waals surface area contributed by atoms with Crippen molar-refractivity contribution in [2.24, 2.45) is 0 Å². The lowest BCUT2D eigenvalue weighted by Crippen LogP contribution is -2.13. The number of carbonyl (C=O) groups excluding carboxylic acids is 2. The van der Waals surface area contributed by atoms with Gasteiger partial charge < -0.3 is 10.1 Å². The second-order valence-electron chi connectivity index (χ2n) is 5.68. The van der Waals surface area contributed by atoms with E-state index < -0.39 is 5.97 Å². The van der Waals surface area contributed by atoms with Crippen LogP contribution in [0.3, 0.4) is 0 Å². The van der Waals surface area contributed by atoms with Gasteiger partial charge in [0.2, 0.25) is 0 Å². The lowest BCUT2D eigenvalue weighted by molar-refractivity contribution is 0.0528. The molecule has 2 heterocycles. The molecule has 0 radical (unpaired) electrons. The SMILES string of the molecule is CCOC(=O)c1cc(C(C)c2ccccc2)sc1NC(=O)c1cccs1. The van der Waals surface area contributed by atoms with Gasteiger partial charge in [-0.25, -0.2) is 4.79 Å². The predicted molar refractivity (Wildman–Crippen MR) is 107 cm³/mol. The fourth-order valence-electron chi connectivity index (χ4n) is 2.56. The maximum absolute atomic E-state index is 12.4. The van der Waals surface area contributed by atoms with Crippen molar-refractivity contribution in [3.05, 3.63) is 74.8 Å². The first-order valence-corrected chi connectivity index (χ1v) is 10.0. The first kappa shape index (κ1) is 18.4. The van der Waals surface area contributed by atoms with Gasteiger partial charge in [-0.1, -0.05) is 43.3 Å². The highest BCUT2D eigenvalue weighted by molar-refractivity contribution is 7.17. The molecule has 1 aromatic carbocycles. The molecule has 2 aromatic heterocycles. The van der Waals surface area contributed by atoms with Crippen molar-refractivity contribution in [2.45, 2.75) is 19.8 Å². The van der Waals surface area contributed by atoms with Crippen LogP contribution in [0.1, 0.15) is 50.2 Å². The van der Waals surface area contributed by atoms with Gasteiger partial charge in [0.15, 0.2) is 0 Å². The van der Waals surface area contributed by atoms with Crippen LogP contribution in [-0.4, -0.2) is 18.5 Å². The first-order chi connectivity index (χ1) is 12.6. The predicted octanol–water partition coefficient (Wildman–Crippen LogP) is 5.39. The summed E-state index contributed by atoms with van der Waals surface area (Å²) < 4.78 is 5.16. The number of amides is 1. The zero-order valence-electron chi connectivity index (χ0n) is 14.5. The molecule has 0 aliphatic carbocycles. The monoisotopic (exact) mass is 385 g/mol. The third-order valence-corrected chi connectivity index (χ3v) is 6.05. The van der Waals surface area contributed by atoms with E-state index in [1.54, 1.807) is 13.0 Å². The summed E-state index contributed by atoms with van der Waals surface area (Å²) in [7, 11) is 0. The summed E-state index contributed by atoms with van der Waals surface area (Å²) in [6, 6.07) is 15.5. The average molecular weight is 386 g/mol. The number of esters is 1. The molecule has 0 fully saturated rings. The highest BCUT2D eigenvalue weighted by Gasteiger charge is 2.22. The molecule has 0 saturated heterocycles. The summed E-state index contributed by atoms with van der Waals surface area (Å²) in [5, 5.41) is 5.24. The van der Waals surface area contributed by atoms with Crippen LogP contribution in [0, 0.1) is 0 Å². The minimum atomic E-state index is -0.420. The topological polar surface area (TPSA) is 55.4 Å². The Hall–Kier alpha value is -2.44. The lowest BCUT2D eigenvalue weighted by atomic mass is 9.99. The van der Waals surface area contributed by atoms with Crippen molar-refractivity contribution in [2.75, 3.05) is 11.9 Å². The fraction of sp³-hybridized carbons (Fsp3) is 0.200. The number of carbonyl (C=O) groups is 2. The summed E-state index contributed by atoms with van der Waals surface area (Å²) >= 11 is 2.78. The molecule has 1 N–H and O–H groups in total. The third-order valence-electron chi connectivity index (χ3n) is 3.94. The number of ether oxygens (including phenoxy) is 1. The molecule has 3 rings (SSSR count). The molecule has 26 heavy (non-hydrogen) atoms. The maximum atomic E-state index is 12.4. The van der Waals surface area contributed by atoms with Gasteiger partial charge in [-0.3, -0.25) is 4.79 Å². The number of thiophene rings is 2. The number of benzene rings is 1. The molecule has 0 spiro atoms. The van der Waals surface area contributed by atoms with Gasteiger partial charge in [0.25, 0.3) is 5.91 Å². The molecule has 0 aliphatic heterocycles. The smallest absolute Gasteiger partial charge is 0.341 e. The van der Waals surface area contributed by atoms with E-state index in [0.29, 0.717) is 15.4 Å². The van der Waals surface area contributed by atoms with Crippen molar-refractivity contribution in [1.82, 2.24) is 0 Å². The highest BCUT2D eigenvalue weighted by atomic mass is 32.1. The Kier molecular flexibility index (Phi) is 5.85. The maximum Gasteiger partial charge on any atom is 0.341 e. The number of hydrogen-bond donors (Lipinski definition) is 1. The van der Waals surface area contributed by atoms with E-state index in [9.17, 15) is 9.59 Å². The molecule has 6 heteroatoms. The van der Waals surface area contributed by atoms with E-state index in [1.165, 1.54) is 22.7 Å². The minimum Gasteiger partial charge on any atom is -0.462 e. The summed E-state index contributed by atoms with van der Waals surface area (Å²) in [4.78, 5) is 26.4. The van der Waals surface area contributed by atoms with Crippen LogP contribution in [-0.2, 0) is 4.74 Å². The van der Waals surface area contributed by atoms with Crippen LogP contribution >= 0.6 is 22.7 Å². The third kappa shape index (κ3) is 4.03. The molecular weight excluding hydrogens is 366 g/mol. The molecule has 134 valence electrons.